The Balaban J connectivity index is 2.07. The van der Waals surface area contributed by atoms with Gasteiger partial charge in [-0.25, -0.2) is 0 Å². The molecule has 6 heteroatoms. The van der Waals surface area contributed by atoms with Crippen LogP contribution in [0.1, 0.15) is 5.56 Å². The molecule has 0 aliphatic rings. The van der Waals surface area contributed by atoms with Crippen LogP contribution in [0.2, 0.25) is 0 Å². The number of ether oxygens (including phenoxy) is 2. The lowest BCUT2D eigenvalue weighted by Gasteiger charge is -2.09. The number of aliphatic hydroxyl groups is 1. The highest BCUT2D eigenvalue weighted by Crippen LogP contribution is 2.20. The largest absolute Gasteiger partial charge is 0.417 e. The lowest BCUT2D eigenvalue weighted by molar-refractivity contribution is -0.187. The summed E-state index contributed by atoms with van der Waals surface area (Å²) in [6.45, 7) is 0.291. The highest BCUT2D eigenvalue weighted by atomic mass is 19.4. The maximum atomic E-state index is 11.9. The molecular weight excluding hydrogens is 261 g/mol. The second-order valence-corrected chi connectivity index (χ2v) is 3.74. The van der Waals surface area contributed by atoms with Gasteiger partial charge in [0.25, 0.3) is 0 Å². The van der Waals surface area contributed by atoms with Gasteiger partial charge in [-0.3, -0.25) is 0 Å². The summed E-state index contributed by atoms with van der Waals surface area (Å²) in [4.78, 5) is 0. The first kappa shape index (κ1) is 15.7. The van der Waals surface area contributed by atoms with Crippen molar-refractivity contribution in [3.8, 4) is 0 Å². The van der Waals surface area contributed by atoms with E-state index in [2.05, 4.69) is 0 Å². The van der Waals surface area contributed by atoms with Crippen LogP contribution in [0.25, 0.3) is 0 Å². The Hall–Kier alpha value is -1.37. The zero-order chi connectivity index (χ0) is 14.1. The number of halogens is 3. The average molecular weight is 276 g/mol. The van der Waals surface area contributed by atoms with Gasteiger partial charge in [0, 0.05) is 0 Å². The number of hydrogen-bond donors (Lipinski definition) is 1. The second kappa shape index (κ2) is 7.93. The summed E-state index contributed by atoms with van der Waals surface area (Å²) >= 11 is 0. The van der Waals surface area contributed by atoms with Gasteiger partial charge in [-0.1, -0.05) is 36.4 Å². The normalized spacial score (nSPS) is 13.9. The molecule has 1 aromatic rings. The molecule has 1 rings (SSSR count). The standard InChI is InChI=1S/C13H15F3O3/c14-13(15,16)12(17)7-4-8-18-10-19-9-11-5-2-1-3-6-11/h1-7,12,17H,8-10H2/b7-4+/t12-/m1/s1. The molecule has 0 unspecified atom stereocenters. The molecule has 0 fully saturated rings. The van der Waals surface area contributed by atoms with Crippen LogP contribution >= 0.6 is 0 Å². The van der Waals surface area contributed by atoms with Crippen molar-refractivity contribution in [3.05, 3.63) is 48.0 Å². The minimum Gasteiger partial charge on any atom is -0.380 e. The monoisotopic (exact) mass is 276 g/mol. The molecule has 1 N–H and O–H groups in total. The van der Waals surface area contributed by atoms with E-state index in [-0.39, 0.29) is 13.4 Å². The van der Waals surface area contributed by atoms with Crippen molar-refractivity contribution in [1.29, 1.82) is 0 Å². The first-order valence-corrected chi connectivity index (χ1v) is 5.61. The Morgan fingerprint density at radius 3 is 2.47 bits per heavy atom. The maximum absolute atomic E-state index is 11.9. The highest BCUT2D eigenvalue weighted by molar-refractivity contribution is 5.13. The molecule has 0 saturated heterocycles. The molecule has 0 aliphatic heterocycles. The molecule has 0 aromatic heterocycles. The number of alkyl halides is 3. The Kier molecular flexibility index (Phi) is 6.55. The summed E-state index contributed by atoms with van der Waals surface area (Å²) in [5.41, 5.74) is 0.981. The van der Waals surface area contributed by atoms with E-state index in [0.29, 0.717) is 12.7 Å². The van der Waals surface area contributed by atoms with E-state index in [4.69, 9.17) is 14.6 Å². The zero-order valence-corrected chi connectivity index (χ0v) is 10.1. The van der Waals surface area contributed by atoms with Crippen LogP contribution < -0.4 is 0 Å². The van der Waals surface area contributed by atoms with Gasteiger partial charge < -0.3 is 14.6 Å². The van der Waals surface area contributed by atoms with Gasteiger partial charge in [0.15, 0.2) is 6.10 Å². The fourth-order valence-electron chi connectivity index (χ4n) is 1.20. The van der Waals surface area contributed by atoms with E-state index < -0.39 is 12.3 Å². The molecule has 106 valence electrons. The topological polar surface area (TPSA) is 38.7 Å². The molecule has 0 heterocycles. The Bertz CT molecular complexity index is 376. The summed E-state index contributed by atoms with van der Waals surface area (Å²) in [6, 6.07) is 9.41. The molecular formula is C13H15F3O3. The maximum Gasteiger partial charge on any atom is 0.417 e. The van der Waals surface area contributed by atoms with Crippen LogP contribution in [0.3, 0.4) is 0 Å². The van der Waals surface area contributed by atoms with E-state index in [1.807, 2.05) is 30.3 Å². The van der Waals surface area contributed by atoms with Gasteiger partial charge in [-0.05, 0) is 11.6 Å². The molecule has 3 nitrogen and oxygen atoms in total. The van der Waals surface area contributed by atoms with E-state index in [1.165, 1.54) is 0 Å². The van der Waals surface area contributed by atoms with Gasteiger partial charge in [-0.15, -0.1) is 0 Å². The highest BCUT2D eigenvalue weighted by Gasteiger charge is 2.35. The molecule has 0 bridgehead atoms. The number of aliphatic hydroxyl groups excluding tert-OH is 1. The minimum absolute atomic E-state index is 0.0264. The molecule has 0 amide bonds. The van der Waals surface area contributed by atoms with E-state index in [0.717, 1.165) is 11.6 Å². The molecule has 0 saturated carbocycles. The summed E-state index contributed by atoms with van der Waals surface area (Å²) in [7, 11) is 0. The van der Waals surface area contributed by atoms with Gasteiger partial charge >= 0.3 is 6.18 Å². The lowest BCUT2D eigenvalue weighted by Crippen LogP contribution is -2.26. The van der Waals surface area contributed by atoms with Crippen molar-refractivity contribution in [2.24, 2.45) is 0 Å². The third-order valence-corrected chi connectivity index (χ3v) is 2.15. The van der Waals surface area contributed by atoms with Crippen LogP contribution in [0.5, 0.6) is 0 Å². The summed E-state index contributed by atoms with van der Waals surface area (Å²) in [6.07, 6.45) is -5.36. The predicted octanol–water partition coefficient (Wildman–Crippen LogP) is 2.66. The van der Waals surface area contributed by atoms with Crippen LogP contribution in [0.15, 0.2) is 42.5 Å². The molecule has 1 atom stereocenters. The fourth-order valence-corrected chi connectivity index (χ4v) is 1.20. The predicted molar refractivity (Wildman–Crippen MR) is 63.3 cm³/mol. The summed E-state index contributed by atoms with van der Waals surface area (Å²) < 4.78 is 45.8. The van der Waals surface area contributed by atoms with Gasteiger partial charge in [-0.2, -0.15) is 13.2 Å². The number of rotatable bonds is 7. The van der Waals surface area contributed by atoms with Gasteiger partial charge in [0.1, 0.15) is 6.79 Å². The van der Waals surface area contributed by atoms with Crippen molar-refractivity contribution in [1.82, 2.24) is 0 Å². The fraction of sp³-hybridized carbons (Fsp3) is 0.385. The zero-order valence-electron chi connectivity index (χ0n) is 10.1. The average Bonchev–Trinajstić information content (AvgIpc) is 2.37. The van der Waals surface area contributed by atoms with Crippen molar-refractivity contribution >= 4 is 0 Å². The van der Waals surface area contributed by atoms with E-state index in [9.17, 15) is 13.2 Å². The SMILES string of the molecule is O[C@H](/C=C/COCOCc1ccccc1)C(F)(F)F. The van der Waals surface area contributed by atoms with Crippen molar-refractivity contribution in [3.63, 3.8) is 0 Å². The first-order valence-electron chi connectivity index (χ1n) is 5.61. The van der Waals surface area contributed by atoms with E-state index in [1.54, 1.807) is 0 Å². The van der Waals surface area contributed by atoms with Crippen LogP contribution in [-0.2, 0) is 16.1 Å². The van der Waals surface area contributed by atoms with Gasteiger partial charge in [0.2, 0.25) is 0 Å². The van der Waals surface area contributed by atoms with Crippen molar-refractivity contribution in [2.75, 3.05) is 13.4 Å². The number of benzene rings is 1. The van der Waals surface area contributed by atoms with Crippen LogP contribution in [-0.4, -0.2) is 30.8 Å². The van der Waals surface area contributed by atoms with Crippen LogP contribution in [0.4, 0.5) is 13.2 Å². The first-order chi connectivity index (χ1) is 9.00. The summed E-state index contributed by atoms with van der Waals surface area (Å²) in [5, 5.41) is 8.64. The molecule has 1 aromatic carbocycles. The molecule has 0 aliphatic carbocycles. The van der Waals surface area contributed by atoms with E-state index >= 15 is 0 Å². The Labute approximate surface area is 109 Å². The minimum atomic E-state index is -4.64. The smallest absolute Gasteiger partial charge is 0.380 e. The third kappa shape index (κ3) is 6.95. The summed E-state index contributed by atoms with van der Waals surface area (Å²) in [5.74, 6) is 0. The van der Waals surface area contributed by atoms with Crippen molar-refractivity contribution in [2.45, 2.75) is 18.9 Å². The molecule has 19 heavy (non-hydrogen) atoms. The molecule has 0 spiro atoms. The lowest BCUT2D eigenvalue weighted by atomic mass is 10.2. The van der Waals surface area contributed by atoms with Crippen LogP contribution in [0, 0.1) is 0 Å². The quantitative estimate of drug-likeness (QED) is 0.473. The van der Waals surface area contributed by atoms with Gasteiger partial charge in [0.05, 0.1) is 13.2 Å². The van der Waals surface area contributed by atoms with Crippen molar-refractivity contribution < 1.29 is 27.8 Å². The number of hydrogen-bond acceptors (Lipinski definition) is 3. The molecule has 0 radical (unpaired) electrons. The third-order valence-electron chi connectivity index (χ3n) is 2.15. The Morgan fingerprint density at radius 1 is 1.16 bits per heavy atom. The Morgan fingerprint density at radius 2 is 1.84 bits per heavy atom. The second-order valence-electron chi connectivity index (χ2n) is 3.74.